The van der Waals surface area contributed by atoms with Crippen LogP contribution < -0.4 is 11.1 Å². The van der Waals surface area contributed by atoms with Crippen LogP contribution in [0.3, 0.4) is 0 Å². The smallest absolute Gasteiger partial charge is 0.251 e. The highest BCUT2D eigenvalue weighted by Crippen LogP contribution is 2.24. The monoisotopic (exact) mass is 246 g/mol. The normalized spacial score (nSPS) is 23.7. The van der Waals surface area contributed by atoms with E-state index < -0.39 is 0 Å². The molecule has 2 atom stereocenters. The molecule has 3 heteroatoms. The molecule has 3 nitrogen and oxygen atoms in total. The number of hydrogen-bond acceptors (Lipinski definition) is 2. The van der Waals surface area contributed by atoms with Gasteiger partial charge in [0.1, 0.15) is 0 Å². The van der Waals surface area contributed by atoms with Gasteiger partial charge in [-0.1, -0.05) is 19.8 Å². The number of rotatable bonds is 2. The van der Waals surface area contributed by atoms with Crippen molar-refractivity contribution in [3.05, 3.63) is 29.3 Å². The van der Waals surface area contributed by atoms with Gasteiger partial charge in [-0.2, -0.15) is 0 Å². The zero-order valence-corrected chi connectivity index (χ0v) is 11.2. The van der Waals surface area contributed by atoms with Crippen LogP contribution in [0.5, 0.6) is 0 Å². The van der Waals surface area contributed by atoms with Crippen molar-refractivity contribution in [2.45, 2.75) is 45.6 Å². The summed E-state index contributed by atoms with van der Waals surface area (Å²) in [4.78, 5) is 12.2. The Bertz CT molecular complexity index is 442. The van der Waals surface area contributed by atoms with E-state index in [4.69, 9.17) is 5.73 Å². The van der Waals surface area contributed by atoms with Gasteiger partial charge in [0.25, 0.3) is 5.91 Å². The number of nitrogens with one attached hydrogen (secondary N) is 1. The van der Waals surface area contributed by atoms with Crippen LogP contribution in [0.4, 0.5) is 5.69 Å². The van der Waals surface area contributed by atoms with Gasteiger partial charge < -0.3 is 11.1 Å². The number of anilines is 1. The molecule has 0 saturated heterocycles. The van der Waals surface area contributed by atoms with Gasteiger partial charge >= 0.3 is 0 Å². The molecule has 1 aliphatic rings. The fourth-order valence-corrected chi connectivity index (χ4v) is 2.77. The molecule has 2 unspecified atom stereocenters. The molecule has 0 heterocycles. The van der Waals surface area contributed by atoms with E-state index in [0.29, 0.717) is 11.7 Å². The number of hydrogen-bond donors (Lipinski definition) is 2. The van der Waals surface area contributed by atoms with Crippen LogP contribution >= 0.6 is 0 Å². The van der Waals surface area contributed by atoms with E-state index in [1.54, 1.807) is 6.07 Å². The largest absolute Gasteiger partial charge is 0.399 e. The number of benzene rings is 1. The molecule has 0 radical (unpaired) electrons. The van der Waals surface area contributed by atoms with Crippen LogP contribution in [-0.4, -0.2) is 11.9 Å². The average molecular weight is 246 g/mol. The van der Waals surface area contributed by atoms with Crippen LogP contribution in [0.2, 0.25) is 0 Å². The van der Waals surface area contributed by atoms with Crippen LogP contribution in [0, 0.1) is 12.8 Å². The number of amides is 1. The Morgan fingerprint density at radius 2 is 2.17 bits per heavy atom. The second-order valence-corrected chi connectivity index (χ2v) is 5.52. The maximum Gasteiger partial charge on any atom is 0.251 e. The quantitative estimate of drug-likeness (QED) is 0.788. The highest BCUT2D eigenvalue weighted by atomic mass is 16.1. The molecule has 18 heavy (non-hydrogen) atoms. The minimum atomic E-state index is 0.0339. The Morgan fingerprint density at radius 3 is 2.83 bits per heavy atom. The summed E-state index contributed by atoms with van der Waals surface area (Å²) in [7, 11) is 0. The third-order valence-electron chi connectivity index (χ3n) is 3.77. The van der Waals surface area contributed by atoms with E-state index in [9.17, 15) is 4.79 Å². The number of aryl methyl sites for hydroxylation is 1. The van der Waals surface area contributed by atoms with Gasteiger partial charge in [0.2, 0.25) is 0 Å². The first kappa shape index (κ1) is 12.9. The SMILES string of the molecule is Cc1cc(N)ccc1C(=O)NC1CCCC(C)C1. The molecule has 0 spiro atoms. The van der Waals surface area contributed by atoms with Crippen LogP contribution in [0.25, 0.3) is 0 Å². The molecule has 1 aromatic rings. The second kappa shape index (κ2) is 5.42. The maximum absolute atomic E-state index is 12.2. The molecular weight excluding hydrogens is 224 g/mol. The summed E-state index contributed by atoms with van der Waals surface area (Å²) in [5.74, 6) is 0.753. The van der Waals surface area contributed by atoms with Gasteiger partial charge in [-0.05, 0) is 49.4 Å². The lowest BCUT2D eigenvalue weighted by atomic mass is 9.87. The lowest BCUT2D eigenvalue weighted by molar-refractivity contribution is 0.0921. The Morgan fingerprint density at radius 1 is 1.39 bits per heavy atom. The second-order valence-electron chi connectivity index (χ2n) is 5.52. The summed E-state index contributed by atoms with van der Waals surface area (Å²) < 4.78 is 0. The molecule has 1 fully saturated rings. The molecule has 0 aromatic heterocycles. The van der Waals surface area contributed by atoms with Gasteiger partial charge in [-0.25, -0.2) is 0 Å². The molecular formula is C15H22N2O. The fraction of sp³-hybridized carbons (Fsp3) is 0.533. The van der Waals surface area contributed by atoms with Crippen LogP contribution in [-0.2, 0) is 0 Å². The van der Waals surface area contributed by atoms with E-state index in [-0.39, 0.29) is 5.91 Å². The minimum absolute atomic E-state index is 0.0339. The lowest BCUT2D eigenvalue weighted by Crippen LogP contribution is -2.38. The van der Waals surface area contributed by atoms with Crippen molar-refractivity contribution in [3.8, 4) is 0 Å². The molecule has 1 aromatic carbocycles. The first-order valence-corrected chi connectivity index (χ1v) is 6.73. The van der Waals surface area contributed by atoms with E-state index in [1.807, 2.05) is 19.1 Å². The maximum atomic E-state index is 12.2. The first-order valence-electron chi connectivity index (χ1n) is 6.73. The molecule has 3 N–H and O–H groups in total. The Hall–Kier alpha value is -1.51. The van der Waals surface area contributed by atoms with Gasteiger partial charge in [0.15, 0.2) is 0 Å². The standard InChI is InChI=1S/C15H22N2O/c1-10-4-3-5-13(8-10)17-15(18)14-7-6-12(16)9-11(14)2/h6-7,9-10,13H,3-5,8,16H2,1-2H3,(H,17,18). The summed E-state index contributed by atoms with van der Waals surface area (Å²) >= 11 is 0. The molecule has 1 saturated carbocycles. The third-order valence-corrected chi connectivity index (χ3v) is 3.77. The summed E-state index contributed by atoms with van der Waals surface area (Å²) in [5.41, 5.74) is 8.08. The number of carbonyl (C=O) groups excluding carboxylic acids is 1. The van der Waals surface area contributed by atoms with Crippen molar-refractivity contribution < 1.29 is 4.79 Å². The Labute approximate surface area is 109 Å². The van der Waals surface area contributed by atoms with E-state index in [0.717, 1.165) is 29.9 Å². The highest BCUT2D eigenvalue weighted by Gasteiger charge is 2.21. The fourth-order valence-electron chi connectivity index (χ4n) is 2.77. The third kappa shape index (κ3) is 3.03. The van der Waals surface area contributed by atoms with Gasteiger partial charge in [-0.15, -0.1) is 0 Å². The average Bonchev–Trinajstić information content (AvgIpc) is 2.28. The number of nitrogen functional groups attached to an aromatic ring is 1. The summed E-state index contributed by atoms with van der Waals surface area (Å²) in [5, 5.41) is 3.15. The van der Waals surface area contributed by atoms with Gasteiger partial charge in [-0.3, -0.25) is 4.79 Å². The van der Waals surface area contributed by atoms with Crippen molar-refractivity contribution >= 4 is 11.6 Å². The molecule has 1 aliphatic carbocycles. The topological polar surface area (TPSA) is 55.1 Å². The highest BCUT2D eigenvalue weighted by molar-refractivity contribution is 5.96. The molecule has 0 aliphatic heterocycles. The Balaban J connectivity index is 2.03. The molecule has 1 amide bonds. The van der Waals surface area contributed by atoms with Crippen molar-refractivity contribution in [1.29, 1.82) is 0 Å². The predicted octanol–water partition coefficient (Wildman–Crippen LogP) is 2.89. The summed E-state index contributed by atoms with van der Waals surface area (Å²) in [6.07, 6.45) is 4.70. The van der Waals surface area contributed by atoms with Crippen molar-refractivity contribution in [2.24, 2.45) is 5.92 Å². The van der Waals surface area contributed by atoms with E-state index in [2.05, 4.69) is 12.2 Å². The number of carbonyl (C=O) groups is 1. The predicted molar refractivity (Wildman–Crippen MR) is 74.5 cm³/mol. The molecule has 0 bridgehead atoms. The van der Waals surface area contributed by atoms with Crippen LogP contribution in [0.1, 0.15) is 48.5 Å². The van der Waals surface area contributed by atoms with Crippen LogP contribution in [0.15, 0.2) is 18.2 Å². The zero-order valence-electron chi connectivity index (χ0n) is 11.2. The summed E-state index contributed by atoms with van der Waals surface area (Å²) in [6, 6.07) is 5.77. The molecule has 2 rings (SSSR count). The zero-order chi connectivity index (χ0) is 13.1. The van der Waals surface area contributed by atoms with E-state index >= 15 is 0 Å². The first-order chi connectivity index (χ1) is 8.56. The van der Waals surface area contributed by atoms with Crippen molar-refractivity contribution in [2.75, 3.05) is 5.73 Å². The number of nitrogens with two attached hydrogens (primary N) is 1. The van der Waals surface area contributed by atoms with Crippen molar-refractivity contribution in [3.63, 3.8) is 0 Å². The lowest BCUT2D eigenvalue weighted by Gasteiger charge is -2.27. The van der Waals surface area contributed by atoms with Gasteiger partial charge in [0.05, 0.1) is 0 Å². The van der Waals surface area contributed by atoms with E-state index in [1.165, 1.54) is 12.8 Å². The summed E-state index contributed by atoms with van der Waals surface area (Å²) in [6.45, 7) is 4.18. The van der Waals surface area contributed by atoms with Gasteiger partial charge in [0, 0.05) is 17.3 Å². The van der Waals surface area contributed by atoms with Crippen molar-refractivity contribution in [1.82, 2.24) is 5.32 Å². The minimum Gasteiger partial charge on any atom is -0.399 e. The Kier molecular flexibility index (Phi) is 3.90. The molecule has 98 valence electrons.